The molecule has 3 aliphatic rings. The third-order valence-electron chi connectivity index (χ3n) is 5.18. The van der Waals surface area contributed by atoms with Crippen molar-refractivity contribution in [1.82, 2.24) is 0 Å². The van der Waals surface area contributed by atoms with E-state index >= 15 is 0 Å². The van der Waals surface area contributed by atoms with Gasteiger partial charge in [-0.1, -0.05) is 6.58 Å². The van der Waals surface area contributed by atoms with Crippen molar-refractivity contribution >= 4 is 24.2 Å². The lowest BCUT2D eigenvalue weighted by Gasteiger charge is -2.28. The molecule has 0 aromatic carbocycles. The Kier molecular flexibility index (Phi) is 5.19. The number of ether oxygens (including phenoxy) is 4. The topological polar surface area (TPSA) is 109 Å². The average Bonchev–Trinajstić information content (AvgIpc) is 3.20. The molecule has 146 valence electrons. The summed E-state index contributed by atoms with van der Waals surface area (Å²) >= 11 is 0. The van der Waals surface area contributed by atoms with Gasteiger partial charge in [-0.2, -0.15) is 0 Å². The number of carbonyl (C=O) groups excluding carboxylic acids is 4. The molecular weight excluding hydrogens is 356 g/mol. The highest BCUT2D eigenvalue weighted by atomic mass is 16.6. The summed E-state index contributed by atoms with van der Waals surface area (Å²) in [5, 5.41) is 0. The maximum Gasteiger partial charge on any atom is 0.334 e. The fraction of sp³-hybridized carbons (Fsp3) is 0.579. The summed E-state index contributed by atoms with van der Waals surface area (Å²) in [7, 11) is 0. The van der Waals surface area contributed by atoms with E-state index in [0.29, 0.717) is 24.7 Å². The number of rotatable bonds is 4. The number of aldehydes is 1. The molecule has 0 aromatic heterocycles. The molecule has 2 fully saturated rings. The molecule has 2 aliphatic heterocycles. The molecule has 0 aromatic rings. The van der Waals surface area contributed by atoms with E-state index in [4.69, 9.17) is 18.9 Å². The first-order valence-electron chi connectivity index (χ1n) is 8.80. The van der Waals surface area contributed by atoms with Crippen LogP contribution in [0.15, 0.2) is 23.8 Å². The Morgan fingerprint density at radius 3 is 2.74 bits per heavy atom. The summed E-state index contributed by atoms with van der Waals surface area (Å²) in [6, 6.07) is 0. The molecule has 0 saturated carbocycles. The van der Waals surface area contributed by atoms with E-state index in [-0.39, 0.29) is 24.7 Å². The Morgan fingerprint density at radius 2 is 2.11 bits per heavy atom. The van der Waals surface area contributed by atoms with Crippen LogP contribution in [0, 0.1) is 5.92 Å². The van der Waals surface area contributed by atoms with Crippen LogP contribution in [-0.4, -0.2) is 54.7 Å². The molecule has 27 heavy (non-hydrogen) atoms. The van der Waals surface area contributed by atoms with Crippen molar-refractivity contribution in [3.05, 3.63) is 23.8 Å². The van der Waals surface area contributed by atoms with Gasteiger partial charge < -0.3 is 18.9 Å². The van der Waals surface area contributed by atoms with Gasteiger partial charge in [-0.05, 0) is 24.5 Å². The Labute approximate surface area is 156 Å². The van der Waals surface area contributed by atoms with Gasteiger partial charge in [0.1, 0.15) is 30.7 Å². The molecule has 3 rings (SSSR count). The second-order valence-electron chi connectivity index (χ2n) is 7.12. The van der Waals surface area contributed by atoms with E-state index in [1.807, 2.05) is 0 Å². The molecule has 5 atom stereocenters. The van der Waals surface area contributed by atoms with Crippen molar-refractivity contribution in [2.45, 2.75) is 57.0 Å². The standard InChI is InChI=1S/C19H22O8/c1-10-17-14(26-18(10)23)6-13(8-20)4-5-16-19(27-16,9-24-11(2)21)7-15(17)25-12(3)22/h6,8,14-17H,1,4-5,7,9H2,2-3H3. The van der Waals surface area contributed by atoms with E-state index in [9.17, 15) is 19.2 Å². The molecule has 0 radical (unpaired) electrons. The number of fused-ring (bicyclic) bond motifs is 2. The number of hydrogen-bond acceptors (Lipinski definition) is 8. The highest BCUT2D eigenvalue weighted by molar-refractivity contribution is 5.91. The molecule has 0 N–H and O–H groups in total. The summed E-state index contributed by atoms with van der Waals surface area (Å²) in [4.78, 5) is 46.4. The third kappa shape index (κ3) is 3.95. The zero-order valence-corrected chi connectivity index (χ0v) is 15.3. The van der Waals surface area contributed by atoms with Crippen LogP contribution in [0.5, 0.6) is 0 Å². The zero-order valence-electron chi connectivity index (χ0n) is 15.3. The average molecular weight is 378 g/mol. The predicted octanol–water partition coefficient (Wildman–Crippen LogP) is 1.03. The van der Waals surface area contributed by atoms with Gasteiger partial charge in [0.2, 0.25) is 0 Å². The fourth-order valence-electron chi connectivity index (χ4n) is 3.83. The lowest BCUT2D eigenvalue weighted by Crippen LogP contribution is -2.39. The normalized spacial score (nSPS) is 35.1. The van der Waals surface area contributed by atoms with Gasteiger partial charge >= 0.3 is 17.9 Å². The van der Waals surface area contributed by atoms with E-state index < -0.39 is 41.6 Å². The van der Waals surface area contributed by atoms with E-state index in [2.05, 4.69) is 6.58 Å². The Hall–Kier alpha value is -2.48. The summed E-state index contributed by atoms with van der Waals surface area (Å²) in [5.41, 5.74) is -0.186. The van der Waals surface area contributed by atoms with Crippen LogP contribution >= 0.6 is 0 Å². The fourth-order valence-corrected chi connectivity index (χ4v) is 3.83. The van der Waals surface area contributed by atoms with Crippen LogP contribution < -0.4 is 0 Å². The molecule has 5 unspecified atom stereocenters. The minimum Gasteiger partial charge on any atom is -0.463 e. The minimum atomic E-state index is -0.826. The summed E-state index contributed by atoms with van der Waals surface area (Å²) < 4.78 is 21.8. The van der Waals surface area contributed by atoms with Crippen LogP contribution in [0.2, 0.25) is 0 Å². The molecular formula is C19H22O8. The molecule has 0 bridgehead atoms. The smallest absolute Gasteiger partial charge is 0.334 e. The van der Waals surface area contributed by atoms with Crippen LogP contribution in [0.25, 0.3) is 0 Å². The molecule has 1 aliphatic carbocycles. The van der Waals surface area contributed by atoms with Gasteiger partial charge in [0.05, 0.1) is 12.0 Å². The molecule has 2 saturated heterocycles. The highest BCUT2D eigenvalue weighted by Gasteiger charge is 2.60. The molecule has 8 heteroatoms. The molecule has 2 heterocycles. The Bertz CT molecular complexity index is 723. The van der Waals surface area contributed by atoms with Crippen molar-refractivity contribution in [2.75, 3.05) is 6.61 Å². The number of hydrogen-bond donors (Lipinski definition) is 0. The molecule has 8 nitrogen and oxygen atoms in total. The zero-order chi connectivity index (χ0) is 19.8. The maximum atomic E-state index is 12.1. The van der Waals surface area contributed by atoms with E-state index in [1.54, 1.807) is 6.08 Å². The summed E-state index contributed by atoms with van der Waals surface area (Å²) in [5.74, 6) is -2.21. The Morgan fingerprint density at radius 1 is 1.37 bits per heavy atom. The first-order chi connectivity index (χ1) is 12.8. The monoisotopic (exact) mass is 378 g/mol. The van der Waals surface area contributed by atoms with Gasteiger partial charge in [0.25, 0.3) is 0 Å². The first-order valence-corrected chi connectivity index (χ1v) is 8.80. The SMILES string of the molecule is C=C1C(=O)OC2C=C(C=O)CCC3OC3(COC(C)=O)CC(OC(C)=O)C12. The van der Waals surface area contributed by atoms with Crippen molar-refractivity contribution in [3.8, 4) is 0 Å². The molecule has 0 spiro atoms. The van der Waals surface area contributed by atoms with Crippen LogP contribution in [0.4, 0.5) is 0 Å². The summed E-state index contributed by atoms with van der Waals surface area (Å²) in [6.07, 6.45) is 1.72. The first kappa shape index (κ1) is 19.3. The Balaban J connectivity index is 1.96. The second kappa shape index (κ2) is 7.26. The molecule has 0 amide bonds. The van der Waals surface area contributed by atoms with Crippen molar-refractivity contribution in [1.29, 1.82) is 0 Å². The van der Waals surface area contributed by atoms with Gasteiger partial charge in [-0.25, -0.2) is 4.79 Å². The second-order valence-corrected chi connectivity index (χ2v) is 7.12. The lowest BCUT2D eigenvalue weighted by atomic mass is 9.82. The highest BCUT2D eigenvalue weighted by Crippen LogP contribution is 2.48. The number of esters is 3. The van der Waals surface area contributed by atoms with Gasteiger partial charge in [-0.15, -0.1) is 0 Å². The maximum absolute atomic E-state index is 12.1. The number of carbonyl (C=O) groups is 4. The van der Waals surface area contributed by atoms with Crippen molar-refractivity contribution < 1.29 is 38.1 Å². The largest absolute Gasteiger partial charge is 0.463 e. The van der Waals surface area contributed by atoms with Crippen LogP contribution in [-0.2, 0) is 38.1 Å². The van der Waals surface area contributed by atoms with Crippen LogP contribution in [0.3, 0.4) is 0 Å². The van der Waals surface area contributed by atoms with Gasteiger partial charge in [0, 0.05) is 25.8 Å². The predicted molar refractivity (Wildman–Crippen MR) is 90.3 cm³/mol. The number of allylic oxidation sites excluding steroid dienone is 1. The van der Waals surface area contributed by atoms with Gasteiger partial charge in [-0.3, -0.25) is 14.4 Å². The van der Waals surface area contributed by atoms with Crippen LogP contribution in [0.1, 0.15) is 33.1 Å². The summed E-state index contributed by atoms with van der Waals surface area (Å²) in [6.45, 7) is 6.35. The minimum absolute atomic E-state index is 0.00354. The van der Waals surface area contributed by atoms with Gasteiger partial charge in [0.15, 0.2) is 0 Å². The van der Waals surface area contributed by atoms with E-state index in [0.717, 1.165) is 0 Å². The lowest BCUT2D eigenvalue weighted by molar-refractivity contribution is -0.153. The number of epoxide rings is 1. The quantitative estimate of drug-likeness (QED) is 0.235. The van der Waals surface area contributed by atoms with Crippen molar-refractivity contribution in [3.63, 3.8) is 0 Å². The van der Waals surface area contributed by atoms with Crippen molar-refractivity contribution in [2.24, 2.45) is 5.92 Å². The van der Waals surface area contributed by atoms with E-state index in [1.165, 1.54) is 13.8 Å². The third-order valence-corrected chi connectivity index (χ3v) is 5.18.